The fourth-order valence-corrected chi connectivity index (χ4v) is 3.86. The normalized spacial score (nSPS) is 20.7. The van der Waals surface area contributed by atoms with Gasteiger partial charge in [0.25, 0.3) is 0 Å². The SMILES string of the molecule is CC1CCC(CCc2ccc(-c3cc(F)c(C(F)(F)F)c(F)c3)cc2)CC1. The highest BCUT2D eigenvalue weighted by Gasteiger charge is 2.37. The molecular weight excluding hydrogens is 359 g/mol. The lowest BCUT2D eigenvalue weighted by atomic mass is 9.80. The van der Waals surface area contributed by atoms with Gasteiger partial charge in [0.1, 0.15) is 17.2 Å². The maximum absolute atomic E-state index is 13.8. The molecule has 0 heterocycles. The lowest BCUT2D eigenvalue weighted by Crippen LogP contribution is -2.12. The summed E-state index contributed by atoms with van der Waals surface area (Å²) >= 11 is 0. The van der Waals surface area contributed by atoms with Crippen molar-refractivity contribution < 1.29 is 22.0 Å². The zero-order chi connectivity index (χ0) is 19.6. The van der Waals surface area contributed by atoms with Gasteiger partial charge in [-0.3, -0.25) is 0 Å². The largest absolute Gasteiger partial charge is 0.422 e. The minimum absolute atomic E-state index is 0.103. The summed E-state index contributed by atoms with van der Waals surface area (Å²) in [5.41, 5.74) is -0.113. The first-order valence-electron chi connectivity index (χ1n) is 9.39. The Balaban J connectivity index is 1.68. The van der Waals surface area contributed by atoms with Crippen molar-refractivity contribution in [3.05, 3.63) is 59.2 Å². The van der Waals surface area contributed by atoms with Gasteiger partial charge in [-0.05, 0) is 53.5 Å². The lowest BCUT2D eigenvalue weighted by Gasteiger charge is -2.26. The predicted octanol–water partition coefficient (Wildman–Crippen LogP) is 7.41. The molecular formula is C22H23F5. The molecule has 0 bridgehead atoms. The second-order valence-electron chi connectivity index (χ2n) is 7.67. The number of alkyl halides is 3. The van der Waals surface area contributed by atoms with Crippen molar-refractivity contribution in [1.29, 1.82) is 0 Å². The summed E-state index contributed by atoms with van der Waals surface area (Å²) in [4.78, 5) is 0. The Kier molecular flexibility index (Phi) is 5.87. The zero-order valence-corrected chi connectivity index (χ0v) is 15.3. The van der Waals surface area contributed by atoms with Crippen molar-refractivity contribution in [2.24, 2.45) is 11.8 Å². The molecule has 0 spiro atoms. The van der Waals surface area contributed by atoms with Crippen LogP contribution in [0.1, 0.15) is 50.2 Å². The molecule has 0 aromatic heterocycles. The maximum atomic E-state index is 13.8. The molecule has 0 radical (unpaired) electrons. The van der Waals surface area contributed by atoms with Crippen molar-refractivity contribution in [3.8, 4) is 11.1 Å². The van der Waals surface area contributed by atoms with Gasteiger partial charge in [0.05, 0.1) is 0 Å². The Hall–Kier alpha value is -1.91. The lowest BCUT2D eigenvalue weighted by molar-refractivity contribution is -0.142. The van der Waals surface area contributed by atoms with Crippen LogP contribution in [0.4, 0.5) is 22.0 Å². The Morgan fingerprint density at radius 1 is 0.852 bits per heavy atom. The van der Waals surface area contributed by atoms with Crippen molar-refractivity contribution in [2.45, 2.75) is 51.6 Å². The number of rotatable bonds is 4. The zero-order valence-electron chi connectivity index (χ0n) is 15.3. The summed E-state index contributed by atoms with van der Waals surface area (Å²) in [5.74, 6) is -1.61. The van der Waals surface area contributed by atoms with E-state index in [1.165, 1.54) is 25.7 Å². The molecule has 5 heteroatoms. The van der Waals surface area contributed by atoms with Crippen LogP contribution in [-0.2, 0) is 12.6 Å². The first-order valence-corrected chi connectivity index (χ1v) is 9.39. The number of aryl methyl sites for hydroxylation is 1. The van der Waals surface area contributed by atoms with E-state index in [9.17, 15) is 22.0 Å². The van der Waals surface area contributed by atoms with Gasteiger partial charge in [0.2, 0.25) is 0 Å². The molecule has 3 rings (SSSR count). The third-order valence-corrected chi connectivity index (χ3v) is 5.59. The summed E-state index contributed by atoms with van der Waals surface area (Å²) in [6.45, 7) is 2.29. The highest BCUT2D eigenvalue weighted by molar-refractivity contribution is 5.64. The molecule has 146 valence electrons. The topological polar surface area (TPSA) is 0 Å². The molecule has 0 unspecified atom stereocenters. The Morgan fingerprint density at radius 2 is 1.41 bits per heavy atom. The van der Waals surface area contributed by atoms with E-state index in [1.54, 1.807) is 12.1 Å². The fraction of sp³-hybridized carbons (Fsp3) is 0.455. The van der Waals surface area contributed by atoms with Gasteiger partial charge in [-0.1, -0.05) is 56.9 Å². The maximum Gasteiger partial charge on any atom is 0.422 e. The van der Waals surface area contributed by atoms with Crippen LogP contribution in [0.2, 0.25) is 0 Å². The number of benzene rings is 2. The third kappa shape index (κ3) is 4.88. The number of hydrogen-bond acceptors (Lipinski definition) is 0. The Labute approximate surface area is 156 Å². The molecule has 2 aromatic rings. The minimum Gasteiger partial charge on any atom is -0.206 e. The van der Waals surface area contributed by atoms with Crippen LogP contribution in [0.3, 0.4) is 0 Å². The quantitative estimate of drug-likeness (QED) is 0.483. The molecule has 27 heavy (non-hydrogen) atoms. The van der Waals surface area contributed by atoms with Gasteiger partial charge in [-0.15, -0.1) is 0 Å². The third-order valence-electron chi connectivity index (χ3n) is 5.59. The molecule has 1 aliphatic rings. The van der Waals surface area contributed by atoms with Crippen molar-refractivity contribution in [2.75, 3.05) is 0 Å². The highest BCUT2D eigenvalue weighted by Crippen LogP contribution is 2.36. The second-order valence-corrected chi connectivity index (χ2v) is 7.67. The van der Waals surface area contributed by atoms with Gasteiger partial charge >= 0.3 is 6.18 Å². The summed E-state index contributed by atoms with van der Waals surface area (Å²) in [5, 5.41) is 0. The smallest absolute Gasteiger partial charge is 0.206 e. The average Bonchev–Trinajstić information content (AvgIpc) is 2.60. The van der Waals surface area contributed by atoms with Crippen LogP contribution in [0.15, 0.2) is 36.4 Å². The van der Waals surface area contributed by atoms with Crippen LogP contribution in [0.5, 0.6) is 0 Å². The molecule has 2 aromatic carbocycles. The van der Waals surface area contributed by atoms with Crippen LogP contribution >= 0.6 is 0 Å². The summed E-state index contributed by atoms with van der Waals surface area (Å²) in [6.07, 6.45) is 2.12. The van der Waals surface area contributed by atoms with Crippen LogP contribution in [0.25, 0.3) is 11.1 Å². The van der Waals surface area contributed by atoms with Crippen LogP contribution < -0.4 is 0 Å². The van der Waals surface area contributed by atoms with Gasteiger partial charge in [0, 0.05) is 0 Å². The van der Waals surface area contributed by atoms with E-state index >= 15 is 0 Å². The minimum atomic E-state index is -5.05. The van der Waals surface area contributed by atoms with Crippen molar-refractivity contribution in [1.82, 2.24) is 0 Å². The number of hydrogen-bond donors (Lipinski definition) is 0. The molecule has 1 aliphatic carbocycles. The van der Waals surface area contributed by atoms with E-state index in [-0.39, 0.29) is 5.56 Å². The fourth-order valence-electron chi connectivity index (χ4n) is 3.86. The van der Waals surface area contributed by atoms with Crippen LogP contribution in [-0.4, -0.2) is 0 Å². The molecule has 0 amide bonds. The highest BCUT2D eigenvalue weighted by atomic mass is 19.4. The van der Waals surface area contributed by atoms with E-state index in [4.69, 9.17) is 0 Å². The van der Waals surface area contributed by atoms with Crippen LogP contribution in [0, 0.1) is 23.5 Å². The van der Waals surface area contributed by atoms with Crippen molar-refractivity contribution >= 4 is 0 Å². The standard InChI is InChI=1S/C22H23F5/c1-14-2-4-15(5-3-14)6-7-16-8-10-17(11-9-16)18-12-19(23)21(20(24)13-18)22(25,26)27/h8-15H,2-7H2,1H3. The summed E-state index contributed by atoms with van der Waals surface area (Å²) in [6, 6.07) is 8.66. The predicted molar refractivity (Wildman–Crippen MR) is 96.2 cm³/mol. The first-order chi connectivity index (χ1) is 12.7. The van der Waals surface area contributed by atoms with Gasteiger partial charge in [0.15, 0.2) is 0 Å². The van der Waals surface area contributed by atoms with Gasteiger partial charge < -0.3 is 0 Å². The molecule has 1 saturated carbocycles. The van der Waals surface area contributed by atoms with E-state index in [0.717, 1.165) is 42.4 Å². The number of halogens is 5. The Bertz CT molecular complexity index is 745. The second kappa shape index (κ2) is 7.99. The van der Waals surface area contributed by atoms with E-state index in [1.807, 2.05) is 12.1 Å². The molecule has 1 fully saturated rings. The van der Waals surface area contributed by atoms with E-state index in [2.05, 4.69) is 6.92 Å². The molecule has 0 nitrogen and oxygen atoms in total. The van der Waals surface area contributed by atoms with E-state index < -0.39 is 23.4 Å². The summed E-state index contributed by atoms with van der Waals surface area (Å²) in [7, 11) is 0. The summed E-state index contributed by atoms with van der Waals surface area (Å²) < 4.78 is 65.6. The molecule has 0 saturated heterocycles. The molecule has 0 atom stereocenters. The van der Waals surface area contributed by atoms with Gasteiger partial charge in [-0.2, -0.15) is 13.2 Å². The molecule has 0 aliphatic heterocycles. The van der Waals surface area contributed by atoms with Gasteiger partial charge in [-0.25, -0.2) is 8.78 Å². The van der Waals surface area contributed by atoms with E-state index in [0.29, 0.717) is 5.56 Å². The Morgan fingerprint density at radius 3 is 1.93 bits per heavy atom. The first kappa shape index (κ1) is 19.8. The monoisotopic (exact) mass is 382 g/mol. The molecule has 0 N–H and O–H groups in total. The van der Waals surface area contributed by atoms with Crippen molar-refractivity contribution in [3.63, 3.8) is 0 Å². The average molecular weight is 382 g/mol.